The van der Waals surface area contributed by atoms with Gasteiger partial charge in [0.1, 0.15) is 5.60 Å². The second kappa shape index (κ2) is 9.78. The summed E-state index contributed by atoms with van der Waals surface area (Å²) in [5.41, 5.74) is 1.75. The van der Waals surface area contributed by atoms with Crippen molar-refractivity contribution in [1.82, 2.24) is 24.8 Å². The molecule has 4 rings (SSSR count). The van der Waals surface area contributed by atoms with Crippen LogP contribution in [0.1, 0.15) is 49.3 Å². The number of amides is 1. The summed E-state index contributed by atoms with van der Waals surface area (Å²) in [4.78, 5) is 48.1. The van der Waals surface area contributed by atoms with Gasteiger partial charge in [-0.05, 0) is 27.7 Å². The first-order chi connectivity index (χ1) is 16.2. The van der Waals surface area contributed by atoms with Crippen LogP contribution in [0.4, 0.5) is 16.7 Å². The summed E-state index contributed by atoms with van der Waals surface area (Å²) in [6.07, 6.45) is 5.18. The number of hydrogen-bond acceptors (Lipinski definition) is 10. The topological polar surface area (TPSA) is 114 Å². The van der Waals surface area contributed by atoms with Gasteiger partial charge in [-0.2, -0.15) is 0 Å². The van der Waals surface area contributed by atoms with Gasteiger partial charge in [0.2, 0.25) is 11.9 Å². The number of hydrogen-bond donors (Lipinski definition) is 0. The van der Waals surface area contributed by atoms with E-state index in [1.165, 1.54) is 12.4 Å². The minimum absolute atomic E-state index is 0.309. The van der Waals surface area contributed by atoms with Crippen LogP contribution < -0.4 is 9.80 Å². The minimum atomic E-state index is -0.520. The van der Waals surface area contributed by atoms with Gasteiger partial charge in [-0.25, -0.2) is 29.5 Å². The van der Waals surface area contributed by atoms with Crippen molar-refractivity contribution in [2.75, 3.05) is 49.1 Å². The van der Waals surface area contributed by atoms with E-state index in [4.69, 9.17) is 14.5 Å². The standard InChI is InChI=1S/C23H31N7O4/c1-5-33-19(31)16-12-24-20(25-13-16)28-8-10-29(11-9-28)21-26-14-17-15-30(7-6-18(17)27-21)22(32)34-23(2,3)4/h12-14H,5-11,15H2,1-4H3. The van der Waals surface area contributed by atoms with Crippen LogP contribution in [0, 0.1) is 0 Å². The zero-order valence-corrected chi connectivity index (χ0v) is 20.2. The molecule has 0 radical (unpaired) electrons. The molecule has 11 heteroatoms. The van der Waals surface area contributed by atoms with E-state index in [0.717, 1.165) is 24.3 Å². The first-order valence-electron chi connectivity index (χ1n) is 11.6. The van der Waals surface area contributed by atoms with Gasteiger partial charge in [0.25, 0.3) is 0 Å². The van der Waals surface area contributed by atoms with Crippen LogP contribution >= 0.6 is 0 Å². The third kappa shape index (κ3) is 5.52. The van der Waals surface area contributed by atoms with E-state index < -0.39 is 11.6 Å². The number of nitrogens with zero attached hydrogens (tertiary/aromatic N) is 7. The van der Waals surface area contributed by atoms with Gasteiger partial charge >= 0.3 is 12.1 Å². The quantitative estimate of drug-likeness (QED) is 0.617. The highest BCUT2D eigenvalue weighted by Gasteiger charge is 2.28. The Balaban J connectivity index is 1.34. The highest BCUT2D eigenvalue weighted by molar-refractivity contribution is 5.88. The Kier molecular flexibility index (Phi) is 6.80. The summed E-state index contributed by atoms with van der Waals surface area (Å²) < 4.78 is 10.5. The lowest BCUT2D eigenvalue weighted by Crippen LogP contribution is -2.48. The third-order valence-corrected chi connectivity index (χ3v) is 5.57. The lowest BCUT2D eigenvalue weighted by atomic mass is 10.1. The maximum Gasteiger partial charge on any atom is 0.410 e. The Labute approximate surface area is 199 Å². The van der Waals surface area contributed by atoms with Crippen LogP contribution in [-0.4, -0.2) is 81.8 Å². The molecular weight excluding hydrogens is 438 g/mol. The van der Waals surface area contributed by atoms with Crippen LogP contribution in [0.5, 0.6) is 0 Å². The monoisotopic (exact) mass is 469 g/mol. The van der Waals surface area contributed by atoms with Gasteiger partial charge in [-0.3, -0.25) is 0 Å². The van der Waals surface area contributed by atoms with E-state index in [1.807, 2.05) is 27.0 Å². The fraction of sp³-hybridized carbons (Fsp3) is 0.565. The molecule has 0 bridgehead atoms. The molecule has 1 fully saturated rings. The smallest absolute Gasteiger partial charge is 0.410 e. The number of aromatic nitrogens is 4. The van der Waals surface area contributed by atoms with E-state index in [0.29, 0.717) is 56.7 Å². The van der Waals surface area contributed by atoms with Crippen molar-refractivity contribution in [1.29, 1.82) is 0 Å². The summed E-state index contributed by atoms with van der Waals surface area (Å²) >= 11 is 0. The van der Waals surface area contributed by atoms with Gasteiger partial charge in [0.05, 0.1) is 24.4 Å². The largest absolute Gasteiger partial charge is 0.462 e. The first-order valence-corrected chi connectivity index (χ1v) is 11.6. The Morgan fingerprint density at radius 3 is 2.18 bits per heavy atom. The zero-order chi connectivity index (χ0) is 24.3. The maximum atomic E-state index is 12.4. The van der Waals surface area contributed by atoms with Crippen molar-refractivity contribution in [3.63, 3.8) is 0 Å². The molecule has 34 heavy (non-hydrogen) atoms. The van der Waals surface area contributed by atoms with E-state index in [-0.39, 0.29) is 6.09 Å². The molecule has 0 aromatic carbocycles. The van der Waals surface area contributed by atoms with Gasteiger partial charge in [-0.1, -0.05) is 0 Å². The summed E-state index contributed by atoms with van der Waals surface area (Å²) in [5.74, 6) is 0.863. The zero-order valence-electron chi connectivity index (χ0n) is 20.2. The fourth-order valence-electron chi connectivity index (χ4n) is 3.85. The van der Waals surface area contributed by atoms with Crippen LogP contribution in [0.25, 0.3) is 0 Å². The molecular formula is C23H31N7O4. The summed E-state index contributed by atoms with van der Waals surface area (Å²) in [6, 6.07) is 0. The second-order valence-electron chi connectivity index (χ2n) is 9.26. The molecule has 0 saturated carbocycles. The van der Waals surface area contributed by atoms with Gasteiger partial charge in [0, 0.05) is 63.3 Å². The number of carbonyl (C=O) groups is 2. The Morgan fingerprint density at radius 2 is 1.56 bits per heavy atom. The van der Waals surface area contributed by atoms with E-state index in [1.54, 1.807) is 11.8 Å². The van der Waals surface area contributed by atoms with Crippen LogP contribution in [0.2, 0.25) is 0 Å². The highest BCUT2D eigenvalue weighted by atomic mass is 16.6. The van der Waals surface area contributed by atoms with Gasteiger partial charge in [0.15, 0.2) is 0 Å². The molecule has 0 N–H and O–H groups in total. The Bertz CT molecular complexity index is 1030. The molecule has 11 nitrogen and oxygen atoms in total. The molecule has 2 aromatic rings. The molecule has 1 amide bonds. The highest BCUT2D eigenvalue weighted by Crippen LogP contribution is 2.22. The summed E-state index contributed by atoms with van der Waals surface area (Å²) in [7, 11) is 0. The number of anilines is 2. The number of ether oxygens (including phenoxy) is 2. The SMILES string of the molecule is CCOC(=O)c1cnc(N2CCN(c3ncc4c(n3)CCN(C(=O)OC(C)(C)C)C4)CC2)nc1. The molecule has 2 aliphatic heterocycles. The molecule has 182 valence electrons. The van der Waals surface area contributed by atoms with E-state index >= 15 is 0 Å². The normalized spacial score (nSPS) is 16.2. The lowest BCUT2D eigenvalue weighted by molar-refractivity contribution is 0.0222. The number of piperazine rings is 1. The molecule has 2 aromatic heterocycles. The average molecular weight is 470 g/mol. The predicted molar refractivity (Wildman–Crippen MR) is 125 cm³/mol. The fourth-order valence-corrected chi connectivity index (χ4v) is 3.85. The van der Waals surface area contributed by atoms with Crippen molar-refractivity contribution < 1.29 is 19.1 Å². The second-order valence-corrected chi connectivity index (χ2v) is 9.26. The molecule has 0 spiro atoms. The van der Waals surface area contributed by atoms with Crippen molar-refractivity contribution in [2.24, 2.45) is 0 Å². The number of rotatable bonds is 4. The van der Waals surface area contributed by atoms with Gasteiger partial charge < -0.3 is 24.2 Å². The third-order valence-electron chi connectivity index (χ3n) is 5.57. The minimum Gasteiger partial charge on any atom is -0.462 e. The van der Waals surface area contributed by atoms with Crippen molar-refractivity contribution in [2.45, 2.75) is 46.3 Å². The Hall–Kier alpha value is -3.50. The molecule has 0 unspecified atom stereocenters. The lowest BCUT2D eigenvalue weighted by Gasteiger charge is -2.35. The number of carbonyl (C=O) groups excluding carboxylic acids is 2. The summed E-state index contributed by atoms with van der Waals surface area (Å²) in [6.45, 7) is 11.6. The van der Waals surface area contributed by atoms with Crippen molar-refractivity contribution in [3.8, 4) is 0 Å². The maximum absolute atomic E-state index is 12.4. The predicted octanol–water partition coefficient (Wildman–Crippen LogP) is 2.06. The van der Waals surface area contributed by atoms with E-state index in [9.17, 15) is 9.59 Å². The van der Waals surface area contributed by atoms with Crippen LogP contribution in [0.15, 0.2) is 18.6 Å². The molecule has 1 saturated heterocycles. The van der Waals surface area contributed by atoms with Gasteiger partial charge in [-0.15, -0.1) is 0 Å². The van der Waals surface area contributed by atoms with E-state index in [2.05, 4.69) is 24.8 Å². The number of esters is 1. The van der Waals surface area contributed by atoms with Crippen molar-refractivity contribution >= 4 is 24.0 Å². The van der Waals surface area contributed by atoms with Crippen LogP contribution in [0.3, 0.4) is 0 Å². The first kappa shape index (κ1) is 23.7. The summed E-state index contributed by atoms with van der Waals surface area (Å²) in [5, 5.41) is 0. The molecule has 4 heterocycles. The molecule has 0 atom stereocenters. The number of fused-ring (bicyclic) bond motifs is 1. The molecule has 0 aliphatic carbocycles. The average Bonchev–Trinajstić information content (AvgIpc) is 2.83. The van der Waals surface area contributed by atoms with Crippen molar-refractivity contribution in [3.05, 3.63) is 35.4 Å². The van der Waals surface area contributed by atoms with Crippen LogP contribution in [-0.2, 0) is 22.4 Å². The molecule has 2 aliphatic rings. The Morgan fingerprint density at radius 1 is 0.941 bits per heavy atom.